The Morgan fingerprint density at radius 1 is 1.34 bits per heavy atom. The fourth-order valence-electron chi connectivity index (χ4n) is 3.40. The van der Waals surface area contributed by atoms with Gasteiger partial charge in [-0.05, 0) is 24.9 Å². The molecule has 164 valence electrons. The van der Waals surface area contributed by atoms with Crippen LogP contribution in [0.4, 0.5) is 0 Å². The van der Waals surface area contributed by atoms with Crippen molar-refractivity contribution in [2.24, 2.45) is 11.7 Å². The Bertz CT molecular complexity index is 673. The fraction of sp³-hybridized carbons (Fsp3) is 0.737. The van der Waals surface area contributed by atoms with Crippen LogP contribution in [0.15, 0.2) is 10.6 Å². The minimum atomic E-state index is -0.837. The largest absolute Gasteiger partial charge is 0.470 e. The van der Waals surface area contributed by atoms with Gasteiger partial charge in [0, 0.05) is 32.2 Å². The van der Waals surface area contributed by atoms with E-state index in [1.54, 1.807) is 6.07 Å². The molecule has 1 aliphatic heterocycles. The van der Waals surface area contributed by atoms with Gasteiger partial charge in [-0.15, -0.1) is 0 Å². The van der Waals surface area contributed by atoms with Crippen LogP contribution in [0.2, 0.25) is 0 Å². The highest BCUT2D eigenvalue weighted by atomic mass is 16.7. The number of ether oxygens (including phenoxy) is 3. The third-order valence-electron chi connectivity index (χ3n) is 4.71. The Kier molecular flexibility index (Phi) is 8.42. The van der Waals surface area contributed by atoms with E-state index in [1.165, 1.54) is 4.90 Å². The van der Waals surface area contributed by atoms with Crippen molar-refractivity contribution in [2.75, 3.05) is 26.4 Å². The molecule has 1 aromatic rings. The van der Waals surface area contributed by atoms with Gasteiger partial charge in [-0.25, -0.2) is 0 Å². The van der Waals surface area contributed by atoms with E-state index in [-0.39, 0.29) is 37.3 Å². The molecule has 2 amide bonds. The number of aliphatic hydroxyl groups is 1. The summed E-state index contributed by atoms with van der Waals surface area (Å²) in [5.74, 6) is -1.30. The van der Waals surface area contributed by atoms with Gasteiger partial charge >= 0.3 is 0 Å². The molecular formula is C19H31N3O7. The topological polar surface area (TPSA) is 137 Å². The molecular weight excluding hydrogens is 382 g/mol. The maximum Gasteiger partial charge on any atom is 0.254 e. The Hall–Kier alpha value is -2.17. The fourth-order valence-corrected chi connectivity index (χ4v) is 3.40. The van der Waals surface area contributed by atoms with Gasteiger partial charge in [-0.1, -0.05) is 13.8 Å². The smallest absolute Gasteiger partial charge is 0.254 e. The second-order valence-electron chi connectivity index (χ2n) is 7.24. The van der Waals surface area contributed by atoms with Crippen molar-refractivity contribution in [2.45, 2.75) is 58.5 Å². The Balaban J connectivity index is 2.11. The summed E-state index contributed by atoms with van der Waals surface area (Å²) < 4.78 is 21.8. The van der Waals surface area contributed by atoms with Crippen LogP contribution in [-0.2, 0) is 19.1 Å². The first kappa shape index (κ1) is 23.1. The van der Waals surface area contributed by atoms with Crippen molar-refractivity contribution < 1.29 is 33.4 Å². The van der Waals surface area contributed by atoms with Gasteiger partial charge in [0.25, 0.3) is 5.88 Å². The molecule has 1 fully saturated rings. The minimum Gasteiger partial charge on any atom is -0.470 e. The first-order valence-corrected chi connectivity index (χ1v) is 9.88. The molecule has 0 bridgehead atoms. The van der Waals surface area contributed by atoms with Crippen molar-refractivity contribution in [3.8, 4) is 5.88 Å². The number of rotatable bonds is 11. The predicted molar refractivity (Wildman–Crippen MR) is 102 cm³/mol. The van der Waals surface area contributed by atoms with Gasteiger partial charge in [0.15, 0.2) is 12.1 Å². The molecule has 10 heteroatoms. The van der Waals surface area contributed by atoms with E-state index in [1.807, 2.05) is 27.7 Å². The van der Waals surface area contributed by atoms with E-state index in [0.29, 0.717) is 19.0 Å². The van der Waals surface area contributed by atoms with Crippen molar-refractivity contribution in [3.05, 3.63) is 11.8 Å². The number of nitrogens with two attached hydrogens (primary N) is 1. The predicted octanol–water partition coefficient (Wildman–Crippen LogP) is 0.639. The summed E-state index contributed by atoms with van der Waals surface area (Å²) in [4.78, 5) is 26.1. The third-order valence-corrected chi connectivity index (χ3v) is 4.71. The molecule has 1 unspecified atom stereocenters. The molecule has 1 aliphatic rings. The number of hydrogen-bond donors (Lipinski definition) is 2. The molecule has 0 radical (unpaired) electrons. The average Bonchev–Trinajstić information content (AvgIpc) is 3.26. The van der Waals surface area contributed by atoms with Gasteiger partial charge in [0.2, 0.25) is 11.8 Å². The number of primary amides is 1. The summed E-state index contributed by atoms with van der Waals surface area (Å²) in [6.07, 6.45) is -1.19. The lowest BCUT2D eigenvalue weighted by molar-refractivity contribution is -0.153. The Morgan fingerprint density at radius 3 is 2.55 bits per heavy atom. The van der Waals surface area contributed by atoms with Crippen molar-refractivity contribution in [3.63, 3.8) is 0 Å². The third kappa shape index (κ3) is 5.91. The molecule has 0 aliphatic carbocycles. The molecule has 2 heterocycles. The normalized spacial score (nSPS) is 20.4. The number of nitrogens with zero attached hydrogens (tertiary/aromatic N) is 2. The summed E-state index contributed by atoms with van der Waals surface area (Å²) in [6.45, 7) is 8.56. The number of β-amino-alcohol motifs (C(OH)–C–C–N with tert-alkyl or cyclic N) is 1. The SMILES string of the molecule is CCOC(COc1cc(C(C(=O)N2C[C@H](O)C[C@H]2C(N)=O)C(C)C)on1)OCC. The van der Waals surface area contributed by atoms with E-state index in [0.717, 1.165) is 0 Å². The highest BCUT2D eigenvalue weighted by molar-refractivity contribution is 5.90. The molecule has 29 heavy (non-hydrogen) atoms. The maximum atomic E-state index is 13.1. The minimum absolute atomic E-state index is 0.0531. The maximum absolute atomic E-state index is 13.1. The number of likely N-dealkylation sites (tertiary alicyclic amines) is 1. The van der Waals surface area contributed by atoms with Crippen LogP contribution in [0.3, 0.4) is 0 Å². The van der Waals surface area contributed by atoms with Crippen LogP contribution < -0.4 is 10.5 Å². The quantitative estimate of drug-likeness (QED) is 0.504. The number of carbonyl (C=O) groups excluding carboxylic acids is 2. The van der Waals surface area contributed by atoms with Gasteiger partial charge in [0.1, 0.15) is 18.6 Å². The Labute approximate surface area is 170 Å². The van der Waals surface area contributed by atoms with Crippen molar-refractivity contribution in [1.29, 1.82) is 0 Å². The van der Waals surface area contributed by atoms with Gasteiger partial charge in [-0.2, -0.15) is 0 Å². The number of aliphatic hydroxyl groups excluding tert-OH is 1. The highest BCUT2D eigenvalue weighted by Gasteiger charge is 2.42. The van der Waals surface area contributed by atoms with Crippen LogP contribution >= 0.6 is 0 Å². The zero-order valence-corrected chi connectivity index (χ0v) is 17.4. The zero-order chi connectivity index (χ0) is 21.6. The molecule has 0 saturated carbocycles. The van der Waals surface area contributed by atoms with Crippen LogP contribution in [0.25, 0.3) is 0 Å². The molecule has 0 spiro atoms. The summed E-state index contributed by atoms with van der Waals surface area (Å²) in [5, 5.41) is 13.8. The first-order valence-electron chi connectivity index (χ1n) is 9.88. The summed E-state index contributed by atoms with van der Waals surface area (Å²) in [5.41, 5.74) is 5.40. The lowest BCUT2D eigenvalue weighted by Gasteiger charge is -2.27. The molecule has 2 rings (SSSR count). The zero-order valence-electron chi connectivity index (χ0n) is 17.4. The van der Waals surface area contributed by atoms with Crippen LogP contribution in [-0.4, -0.2) is 71.8 Å². The van der Waals surface area contributed by atoms with Gasteiger partial charge in [0.05, 0.1) is 6.10 Å². The summed E-state index contributed by atoms with van der Waals surface area (Å²) in [7, 11) is 0. The van der Waals surface area contributed by atoms with E-state index in [9.17, 15) is 14.7 Å². The monoisotopic (exact) mass is 413 g/mol. The molecule has 10 nitrogen and oxygen atoms in total. The van der Waals surface area contributed by atoms with E-state index < -0.39 is 30.3 Å². The van der Waals surface area contributed by atoms with E-state index >= 15 is 0 Å². The Morgan fingerprint density at radius 2 is 2.00 bits per heavy atom. The number of amides is 2. The second-order valence-corrected chi connectivity index (χ2v) is 7.24. The summed E-state index contributed by atoms with van der Waals surface area (Å²) >= 11 is 0. The van der Waals surface area contributed by atoms with Crippen molar-refractivity contribution in [1.82, 2.24) is 10.1 Å². The number of aromatic nitrogens is 1. The van der Waals surface area contributed by atoms with Crippen LogP contribution in [0.5, 0.6) is 5.88 Å². The van der Waals surface area contributed by atoms with Gasteiger partial charge in [-0.3, -0.25) is 9.59 Å². The highest BCUT2D eigenvalue weighted by Crippen LogP contribution is 2.32. The summed E-state index contributed by atoms with van der Waals surface area (Å²) in [6, 6.07) is 0.707. The first-order chi connectivity index (χ1) is 13.8. The number of carbonyl (C=O) groups is 2. The standard InChI is InChI=1S/C19H31N3O7/c1-5-26-16(27-6-2)10-28-15-8-14(29-21-15)17(11(3)4)19(25)22-9-12(23)7-13(22)18(20)24/h8,11-13,16-17,23H,5-7,9-10H2,1-4H3,(H2,20,24)/t12-,13+,17?/m1/s1. The lowest BCUT2D eigenvalue weighted by atomic mass is 9.91. The van der Waals surface area contributed by atoms with E-state index in [4.69, 9.17) is 24.5 Å². The molecule has 3 N–H and O–H groups in total. The molecule has 3 atom stereocenters. The van der Waals surface area contributed by atoms with Crippen LogP contribution in [0, 0.1) is 5.92 Å². The number of hydrogen-bond acceptors (Lipinski definition) is 8. The van der Waals surface area contributed by atoms with Crippen molar-refractivity contribution >= 4 is 11.8 Å². The lowest BCUT2D eigenvalue weighted by Crippen LogP contribution is -2.46. The van der Waals surface area contributed by atoms with Gasteiger partial charge < -0.3 is 34.5 Å². The molecule has 0 aromatic carbocycles. The van der Waals surface area contributed by atoms with Crippen LogP contribution in [0.1, 0.15) is 45.8 Å². The molecule has 1 aromatic heterocycles. The second kappa shape index (κ2) is 10.6. The molecule has 1 saturated heterocycles. The average molecular weight is 413 g/mol. The van der Waals surface area contributed by atoms with E-state index in [2.05, 4.69) is 5.16 Å².